The lowest BCUT2D eigenvalue weighted by molar-refractivity contribution is -0.123. The van der Waals surface area contributed by atoms with Crippen LogP contribution in [0.15, 0.2) is 18.2 Å². The highest BCUT2D eigenvalue weighted by Crippen LogP contribution is 2.28. The van der Waals surface area contributed by atoms with Crippen molar-refractivity contribution in [1.82, 2.24) is 0 Å². The molecule has 4 nitrogen and oxygen atoms in total. The Kier molecular flexibility index (Phi) is 2.41. The molecule has 0 radical (unpaired) electrons. The summed E-state index contributed by atoms with van der Waals surface area (Å²) in [5, 5.41) is 5.46. The molecule has 1 aliphatic rings. The summed E-state index contributed by atoms with van der Waals surface area (Å²) in [6.45, 7) is 2.01. The van der Waals surface area contributed by atoms with Crippen LogP contribution in [-0.2, 0) is 16.0 Å². The number of hydrogen-bond acceptors (Lipinski definition) is 2. The Morgan fingerprint density at radius 1 is 1.20 bits per heavy atom. The van der Waals surface area contributed by atoms with Gasteiger partial charge in [0, 0.05) is 0 Å². The van der Waals surface area contributed by atoms with Crippen molar-refractivity contribution in [2.45, 2.75) is 19.8 Å². The van der Waals surface area contributed by atoms with Crippen molar-refractivity contribution in [3.8, 4) is 0 Å². The molecule has 78 valence electrons. The predicted molar refractivity (Wildman–Crippen MR) is 57.7 cm³/mol. The molecule has 2 rings (SSSR count). The highest BCUT2D eigenvalue weighted by atomic mass is 16.2. The Balaban J connectivity index is 2.50. The van der Waals surface area contributed by atoms with Gasteiger partial charge in [-0.1, -0.05) is 19.1 Å². The van der Waals surface area contributed by atoms with Gasteiger partial charge >= 0.3 is 0 Å². The zero-order valence-electron chi connectivity index (χ0n) is 8.46. The molecule has 0 saturated carbocycles. The van der Waals surface area contributed by atoms with Gasteiger partial charge in [-0.25, -0.2) is 0 Å². The number of benzene rings is 1. The first-order valence-corrected chi connectivity index (χ1v) is 4.92. The Morgan fingerprint density at radius 2 is 1.93 bits per heavy atom. The van der Waals surface area contributed by atoms with Crippen LogP contribution in [0.4, 0.5) is 11.4 Å². The minimum Gasteiger partial charge on any atom is -0.324 e. The first kappa shape index (κ1) is 9.71. The first-order chi connectivity index (χ1) is 7.20. The topological polar surface area (TPSA) is 58.2 Å². The quantitative estimate of drug-likeness (QED) is 0.681. The average Bonchev–Trinajstić information content (AvgIpc) is 2.33. The van der Waals surface area contributed by atoms with Gasteiger partial charge in [0.25, 0.3) is 0 Å². The lowest BCUT2D eigenvalue weighted by Crippen LogP contribution is -2.16. The highest BCUT2D eigenvalue weighted by Gasteiger charge is 2.19. The summed E-state index contributed by atoms with van der Waals surface area (Å²) in [4.78, 5) is 22.6. The monoisotopic (exact) mass is 204 g/mol. The number of para-hydroxylation sites is 1. The van der Waals surface area contributed by atoms with Gasteiger partial charge in [-0.2, -0.15) is 0 Å². The van der Waals surface area contributed by atoms with Gasteiger partial charge in [0.2, 0.25) is 11.8 Å². The summed E-state index contributed by atoms with van der Waals surface area (Å²) < 4.78 is 0. The van der Waals surface area contributed by atoms with Crippen LogP contribution < -0.4 is 10.6 Å². The van der Waals surface area contributed by atoms with Gasteiger partial charge in [0.05, 0.1) is 11.4 Å². The van der Waals surface area contributed by atoms with E-state index in [9.17, 15) is 9.59 Å². The van der Waals surface area contributed by atoms with Crippen molar-refractivity contribution >= 4 is 23.2 Å². The van der Waals surface area contributed by atoms with E-state index in [4.69, 9.17) is 0 Å². The van der Waals surface area contributed by atoms with Crippen molar-refractivity contribution in [2.75, 3.05) is 10.6 Å². The maximum absolute atomic E-state index is 11.4. The zero-order chi connectivity index (χ0) is 10.8. The molecule has 0 atom stereocenters. The van der Waals surface area contributed by atoms with Crippen molar-refractivity contribution in [2.24, 2.45) is 0 Å². The van der Waals surface area contributed by atoms with Crippen LogP contribution in [-0.4, -0.2) is 11.8 Å². The third-order valence-corrected chi connectivity index (χ3v) is 2.39. The van der Waals surface area contributed by atoms with Crippen LogP contribution in [0.5, 0.6) is 0 Å². The Hall–Kier alpha value is -1.84. The van der Waals surface area contributed by atoms with Crippen LogP contribution in [0.1, 0.15) is 18.9 Å². The number of hydrogen-bond donors (Lipinski definition) is 2. The maximum Gasteiger partial charge on any atom is 0.233 e. The van der Waals surface area contributed by atoms with E-state index >= 15 is 0 Å². The molecule has 1 aromatic rings. The van der Waals surface area contributed by atoms with Crippen LogP contribution in [0.3, 0.4) is 0 Å². The summed E-state index contributed by atoms with van der Waals surface area (Å²) >= 11 is 0. The molecule has 1 aromatic carbocycles. The summed E-state index contributed by atoms with van der Waals surface area (Å²) in [6, 6.07) is 5.60. The third kappa shape index (κ3) is 1.83. The van der Waals surface area contributed by atoms with E-state index in [0.29, 0.717) is 5.69 Å². The maximum atomic E-state index is 11.4. The molecule has 4 heteroatoms. The van der Waals surface area contributed by atoms with Crippen LogP contribution in [0, 0.1) is 0 Å². The van der Waals surface area contributed by atoms with Crippen molar-refractivity contribution < 1.29 is 9.59 Å². The molecule has 15 heavy (non-hydrogen) atoms. The Morgan fingerprint density at radius 3 is 2.67 bits per heavy atom. The molecule has 0 saturated heterocycles. The van der Waals surface area contributed by atoms with E-state index in [0.717, 1.165) is 17.7 Å². The SMILES string of the molecule is CCc1cccc2c1NC(=O)CC(=O)N2. The smallest absolute Gasteiger partial charge is 0.233 e. The van der Waals surface area contributed by atoms with E-state index < -0.39 is 0 Å². The first-order valence-electron chi connectivity index (χ1n) is 4.92. The summed E-state index contributed by atoms with van der Waals surface area (Å²) in [7, 11) is 0. The number of anilines is 2. The second kappa shape index (κ2) is 3.73. The lowest BCUT2D eigenvalue weighted by atomic mass is 10.1. The molecule has 0 bridgehead atoms. The predicted octanol–water partition coefficient (Wildman–Crippen LogP) is 1.53. The number of amides is 2. The highest BCUT2D eigenvalue weighted by molar-refractivity contribution is 6.13. The van der Waals surface area contributed by atoms with E-state index in [1.54, 1.807) is 6.07 Å². The second-order valence-corrected chi connectivity index (χ2v) is 3.47. The molecule has 1 aliphatic heterocycles. The fraction of sp³-hybridized carbons (Fsp3) is 0.273. The molecular formula is C11H12N2O2. The molecule has 0 unspecified atom stereocenters. The summed E-state index contributed by atoms with van der Waals surface area (Å²) in [5.41, 5.74) is 2.45. The fourth-order valence-corrected chi connectivity index (χ4v) is 1.67. The van der Waals surface area contributed by atoms with Crippen LogP contribution >= 0.6 is 0 Å². The third-order valence-electron chi connectivity index (χ3n) is 2.39. The number of aryl methyl sites for hydroxylation is 1. The van der Waals surface area contributed by atoms with Gasteiger partial charge in [-0.05, 0) is 18.1 Å². The van der Waals surface area contributed by atoms with Gasteiger partial charge in [-0.3, -0.25) is 9.59 Å². The van der Waals surface area contributed by atoms with Gasteiger partial charge < -0.3 is 10.6 Å². The van der Waals surface area contributed by atoms with Crippen LogP contribution in [0.2, 0.25) is 0 Å². The van der Waals surface area contributed by atoms with Gasteiger partial charge in [0.15, 0.2) is 0 Å². The van der Waals surface area contributed by atoms with Crippen LogP contribution in [0.25, 0.3) is 0 Å². The summed E-state index contributed by atoms with van der Waals surface area (Å²) in [5.74, 6) is -0.522. The molecule has 0 aliphatic carbocycles. The largest absolute Gasteiger partial charge is 0.324 e. The van der Waals surface area contributed by atoms with Crippen molar-refractivity contribution in [3.63, 3.8) is 0 Å². The minimum atomic E-state index is -0.264. The number of carbonyl (C=O) groups is 2. The standard InChI is InChI=1S/C11H12N2O2/c1-2-7-4-3-5-8-11(7)13-10(15)6-9(14)12-8/h3-5H,2,6H2,1H3,(H,12,14)(H,13,15). The van der Waals surface area contributed by atoms with Gasteiger partial charge in [-0.15, -0.1) is 0 Å². The average molecular weight is 204 g/mol. The second-order valence-electron chi connectivity index (χ2n) is 3.47. The molecule has 1 heterocycles. The number of carbonyl (C=O) groups excluding carboxylic acids is 2. The van der Waals surface area contributed by atoms with E-state index in [-0.39, 0.29) is 18.2 Å². The number of rotatable bonds is 1. The summed E-state index contributed by atoms with van der Waals surface area (Å²) in [6.07, 6.45) is 0.706. The minimum absolute atomic E-state index is 0.113. The van der Waals surface area contributed by atoms with Gasteiger partial charge in [0.1, 0.15) is 6.42 Å². The lowest BCUT2D eigenvalue weighted by Gasteiger charge is -2.10. The zero-order valence-corrected chi connectivity index (χ0v) is 8.46. The van der Waals surface area contributed by atoms with E-state index in [1.807, 2.05) is 19.1 Å². The fourth-order valence-electron chi connectivity index (χ4n) is 1.67. The molecule has 2 amide bonds. The number of fused-ring (bicyclic) bond motifs is 1. The molecular weight excluding hydrogens is 192 g/mol. The molecule has 2 N–H and O–H groups in total. The van der Waals surface area contributed by atoms with E-state index in [1.165, 1.54) is 0 Å². The number of nitrogens with one attached hydrogen (secondary N) is 2. The molecule has 0 fully saturated rings. The van der Waals surface area contributed by atoms with Crippen molar-refractivity contribution in [1.29, 1.82) is 0 Å². The molecule has 0 spiro atoms. The van der Waals surface area contributed by atoms with E-state index in [2.05, 4.69) is 10.6 Å². The normalized spacial score (nSPS) is 15.0. The Labute approximate surface area is 87.7 Å². The Bertz CT molecular complexity index is 427. The molecule has 0 aromatic heterocycles. The van der Waals surface area contributed by atoms with Crippen molar-refractivity contribution in [3.05, 3.63) is 23.8 Å².